The summed E-state index contributed by atoms with van der Waals surface area (Å²) in [5.74, 6) is 0.250. The van der Waals surface area contributed by atoms with Gasteiger partial charge in [0.1, 0.15) is 0 Å². The smallest absolute Gasteiger partial charge is 0.237 e. The zero-order valence-electron chi connectivity index (χ0n) is 17.9. The van der Waals surface area contributed by atoms with Gasteiger partial charge in [0.15, 0.2) is 0 Å². The van der Waals surface area contributed by atoms with Crippen molar-refractivity contribution in [1.82, 2.24) is 15.0 Å². The van der Waals surface area contributed by atoms with Crippen molar-refractivity contribution < 1.29 is 4.79 Å². The molecule has 154 valence electrons. The molecule has 2 heterocycles. The van der Waals surface area contributed by atoms with E-state index in [2.05, 4.69) is 24.1 Å². The molecule has 1 N–H and O–H groups in total. The summed E-state index contributed by atoms with van der Waals surface area (Å²) in [4.78, 5) is 28.7. The number of anilines is 1. The molecule has 0 spiro atoms. The van der Waals surface area contributed by atoms with Gasteiger partial charge in [-0.2, -0.15) is 0 Å². The normalized spacial score (nSPS) is 23.3. The number of aromatic nitrogens is 3. The van der Waals surface area contributed by atoms with Crippen LogP contribution in [0.2, 0.25) is 0 Å². The van der Waals surface area contributed by atoms with Crippen LogP contribution in [0.15, 0.2) is 54.6 Å². The van der Waals surface area contributed by atoms with Gasteiger partial charge >= 0.3 is 0 Å². The highest BCUT2D eigenvalue weighted by atomic mass is 16.2. The molecule has 2 unspecified atom stereocenters. The van der Waals surface area contributed by atoms with Crippen LogP contribution in [-0.2, 0) is 10.2 Å². The largest absolute Gasteiger partial charge is 0.325 e. The number of carbonyl (C=O) groups is 1. The van der Waals surface area contributed by atoms with Crippen molar-refractivity contribution in [3.63, 3.8) is 0 Å². The molecule has 6 rings (SSSR count). The highest BCUT2D eigenvalue weighted by molar-refractivity contribution is 6.06. The number of benzene rings is 2. The number of aryl methyl sites for hydroxylation is 1. The Morgan fingerprint density at radius 2 is 1.65 bits per heavy atom. The number of carbonyl (C=O) groups excluding carboxylic acids is 1. The molecule has 4 aromatic rings. The fraction of sp³-hybridized carbons (Fsp3) is 0.308. The third-order valence-electron chi connectivity index (χ3n) is 7.59. The molecule has 5 nitrogen and oxygen atoms in total. The van der Waals surface area contributed by atoms with Crippen LogP contribution < -0.4 is 5.32 Å². The van der Waals surface area contributed by atoms with E-state index in [1.54, 1.807) is 0 Å². The number of hydrogen-bond donors (Lipinski definition) is 1. The van der Waals surface area contributed by atoms with Crippen LogP contribution in [0.1, 0.15) is 49.7 Å². The van der Waals surface area contributed by atoms with Crippen molar-refractivity contribution in [3.8, 4) is 0 Å². The van der Waals surface area contributed by atoms with Gasteiger partial charge in [-0.25, -0.2) is 9.97 Å². The Balaban J connectivity index is 1.52. The SMILES string of the molecule is Cc1cc(NC(=O)C23CCC(c4nc5ccccc5nc42)C3(C)C)c2ccccc2n1. The molecule has 2 aliphatic rings. The fourth-order valence-electron chi connectivity index (χ4n) is 5.97. The van der Waals surface area contributed by atoms with Crippen molar-refractivity contribution in [2.45, 2.75) is 44.9 Å². The minimum Gasteiger partial charge on any atom is -0.325 e. The fourth-order valence-corrected chi connectivity index (χ4v) is 5.97. The number of para-hydroxylation sites is 3. The summed E-state index contributed by atoms with van der Waals surface area (Å²) >= 11 is 0. The molecule has 5 heteroatoms. The zero-order chi connectivity index (χ0) is 21.4. The van der Waals surface area contributed by atoms with E-state index in [0.717, 1.165) is 57.5 Å². The van der Waals surface area contributed by atoms with Crippen molar-refractivity contribution in [2.75, 3.05) is 5.32 Å². The Morgan fingerprint density at radius 1 is 0.968 bits per heavy atom. The Labute approximate surface area is 180 Å². The summed E-state index contributed by atoms with van der Waals surface area (Å²) in [5.41, 5.74) is 5.24. The molecular weight excluding hydrogens is 384 g/mol. The summed E-state index contributed by atoms with van der Waals surface area (Å²) in [6.45, 7) is 6.36. The molecule has 0 radical (unpaired) electrons. The van der Waals surface area contributed by atoms with E-state index in [0.29, 0.717) is 0 Å². The number of fused-ring (bicyclic) bond motifs is 7. The maximum Gasteiger partial charge on any atom is 0.237 e. The second-order valence-corrected chi connectivity index (χ2v) is 9.45. The van der Waals surface area contributed by atoms with E-state index >= 15 is 0 Å². The lowest BCUT2D eigenvalue weighted by molar-refractivity contribution is -0.124. The number of amides is 1. The van der Waals surface area contributed by atoms with Crippen LogP contribution in [0.25, 0.3) is 21.9 Å². The molecule has 1 amide bonds. The molecule has 1 fully saturated rings. The predicted molar refractivity (Wildman–Crippen MR) is 122 cm³/mol. The second kappa shape index (κ2) is 6.10. The topological polar surface area (TPSA) is 67.8 Å². The lowest BCUT2D eigenvalue weighted by atomic mass is 9.67. The highest BCUT2D eigenvalue weighted by Gasteiger charge is 2.67. The Hall–Kier alpha value is -3.34. The van der Waals surface area contributed by atoms with Gasteiger partial charge in [-0.3, -0.25) is 9.78 Å². The second-order valence-electron chi connectivity index (χ2n) is 9.45. The van der Waals surface area contributed by atoms with Gasteiger partial charge in [0, 0.05) is 17.0 Å². The number of rotatable bonds is 2. The number of nitrogens with zero attached hydrogens (tertiary/aromatic N) is 3. The van der Waals surface area contributed by atoms with Gasteiger partial charge in [-0.15, -0.1) is 0 Å². The van der Waals surface area contributed by atoms with Gasteiger partial charge in [-0.1, -0.05) is 44.2 Å². The van der Waals surface area contributed by atoms with E-state index in [9.17, 15) is 4.79 Å². The van der Waals surface area contributed by atoms with E-state index < -0.39 is 5.41 Å². The lowest BCUT2D eigenvalue weighted by Gasteiger charge is -2.36. The van der Waals surface area contributed by atoms with Crippen LogP contribution in [-0.4, -0.2) is 20.9 Å². The van der Waals surface area contributed by atoms with E-state index in [1.165, 1.54) is 0 Å². The number of pyridine rings is 1. The third-order valence-corrected chi connectivity index (χ3v) is 7.59. The average Bonchev–Trinajstić information content (AvgIpc) is 3.13. The first-order valence-corrected chi connectivity index (χ1v) is 10.9. The molecule has 0 saturated heterocycles. The number of nitrogens with one attached hydrogen (secondary N) is 1. The maximum absolute atomic E-state index is 14.1. The summed E-state index contributed by atoms with van der Waals surface area (Å²) in [5, 5.41) is 4.24. The molecule has 0 aliphatic heterocycles. The lowest BCUT2D eigenvalue weighted by Crippen LogP contribution is -2.46. The Kier molecular flexibility index (Phi) is 3.62. The molecule has 2 bridgehead atoms. The third kappa shape index (κ3) is 2.32. The standard InChI is InChI=1S/C26H24N4O/c1-15-14-21(16-8-4-5-9-18(16)27-15)30-24(31)26-13-12-17(25(26,2)3)22-23(26)29-20-11-7-6-10-19(20)28-22/h4-11,14,17H,12-13H2,1-3H3,(H,27,30,31). The molecule has 2 atom stereocenters. The van der Waals surface area contributed by atoms with Crippen LogP contribution in [0, 0.1) is 12.3 Å². The van der Waals surface area contributed by atoms with Gasteiger partial charge in [0.2, 0.25) is 5.91 Å². The van der Waals surface area contributed by atoms with Crippen molar-refractivity contribution in [2.24, 2.45) is 5.41 Å². The first-order valence-electron chi connectivity index (χ1n) is 10.9. The molecule has 2 aliphatic carbocycles. The van der Waals surface area contributed by atoms with Crippen LogP contribution in [0.5, 0.6) is 0 Å². The van der Waals surface area contributed by atoms with Crippen LogP contribution in [0.4, 0.5) is 5.69 Å². The maximum atomic E-state index is 14.1. The van der Waals surface area contributed by atoms with E-state index in [4.69, 9.17) is 9.97 Å². The minimum absolute atomic E-state index is 0.0130. The predicted octanol–water partition coefficient (Wildman–Crippen LogP) is 5.28. The highest BCUT2D eigenvalue weighted by Crippen LogP contribution is 2.67. The average molecular weight is 409 g/mol. The van der Waals surface area contributed by atoms with Crippen LogP contribution >= 0.6 is 0 Å². The van der Waals surface area contributed by atoms with Crippen LogP contribution in [0.3, 0.4) is 0 Å². The number of hydrogen-bond acceptors (Lipinski definition) is 4. The quantitative estimate of drug-likeness (QED) is 0.490. The van der Waals surface area contributed by atoms with Gasteiger partial charge < -0.3 is 5.32 Å². The monoisotopic (exact) mass is 408 g/mol. The van der Waals surface area contributed by atoms with E-state index in [1.807, 2.05) is 61.5 Å². The first-order chi connectivity index (χ1) is 14.9. The molecule has 2 aromatic carbocycles. The van der Waals surface area contributed by atoms with Crippen molar-refractivity contribution in [1.29, 1.82) is 0 Å². The van der Waals surface area contributed by atoms with E-state index in [-0.39, 0.29) is 17.2 Å². The molecular formula is C26H24N4O. The van der Waals surface area contributed by atoms with Gasteiger partial charge in [0.25, 0.3) is 0 Å². The first kappa shape index (κ1) is 18.4. The van der Waals surface area contributed by atoms with Crippen molar-refractivity contribution >= 4 is 33.5 Å². The van der Waals surface area contributed by atoms with Gasteiger partial charge in [0.05, 0.1) is 39.0 Å². The van der Waals surface area contributed by atoms with Crippen molar-refractivity contribution in [3.05, 3.63) is 71.7 Å². The summed E-state index contributed by atoms with van der Waals surface area (Å²) in [7, 11) is 0. The summed E-state index contributed by atoms with van der Waals surface area (Å²) in [6.07, 6.45) is 1.75. The molecule has 31 heavy (non-hydrogen) atoms. The Bertz CT molecular complexity index is 1390. The minimum atomic E-state index is -0.692. The molecule has 1 saturated carbocycles. The summed E-state index contributed by atoms with van der Waals surface area (Å²) in [6, 6.07) is 17.8. The zero-order valence-corrected chi connectivity index (χ0v) is 17.9. The molecule has 2 aromatic heterocycles. The summed E-state index contributed by atoms with van der Waals surface area (Å²) < 4.78 is 0. The Morgan fingerprint density at radius 3 is 2.42 bits per heavy atom. The van der Waals surface area contributed by atoms with Gasteiger partial charge in [-0.05, 0) is 49.4 Å².